The van der Waals surface area contributed by atoms with Gasteiger partial charge in [0.15, 0.2) is 5.13 Å². The van der Waals surface area contributed by atoms with Gasteiger partial charge >= 0.3 is 0 Å². The van der Waals surface area contributed by atoms with Crippen LogP contribution in [0.15, 0.2) is 95.6 Å². The highest BCUT2D eigenvalue weighted by Gasteiger charge is 2.34. The molecule has 0 radical (unpaired) electrons. The third-order valence-corrected chi connectivity index (χ3v) is 6.42. The van der Waals surface area contributed by atoms with Gasteiger partial charge in [-0.05, 0) is 48.7 Å². The van der Waals surface area contributed by atoms with E-state index in [1.807, 2.05) is 72.8 Å². The molecule has 4 aromatic rings. The van der Waals surface area contributed by atoms with E-state index in [2.05, 4.69) is 26.0 Å². The van der Waals surface area contributed by atoms with E-state index >= 15 is 0 Å². The molecule has 2 heterocycles. The minimum absolute atomic E-state index is 0.172. The molecule has 32 heavy (non-hydrogen) atoms. The van der Waals surface area contributed by atoms with Crippen LogP contribution < -0.4 is 4.90 Å². The summed E-state index contributed by atoms with van der Waals surface area (Å²) in [5.41, 5.74) is 5.63. The monoisotopic (exact) mass is 435 g/mol. The number of nitrogens with zero attached hydrogens (tertiary/aromatic N) is 3. The molecule has 0 atom stereocenters. The summed E-state index contributed by atoms with van der Waals surface area (Å²) in [4.78, 5) is 24.5. The quantitative estimate of drug-likeness (QED) is 0.353. The molecule has 4 nitrogen and oxygen atoms in total. The lowest BCUT2D eigenvalue weighted by Gasteiger charge is -2.14. The van der Waals surface area contributed by atoms with Crippen LogP contribution in [0.25, 0.3) is 16.3 Å². The molecule has 3 aromatic carbocycles. The van der Waals surface area contributed by atoms with Gasteiger partial charge in [0, 0.05) is 5.56 Å². The summed E-state index contributed by atoms with van der Waals surface area (Å²) in [6.45, 7) is 4.16. The van der Waals surface area contributed by atoms with E-state index in [-0.39, 0.29) is 5.91 Å². The Morgan fingerprint density at radius 2 is 1.59 bits per heavy atom. The summed E-state index contributed by atoms with van der Waals surface area (Å²) >= 11 is 1.51. The molecule has 0 bridgehead atoms. The smallest absolute Gasteiger partial charge is 0.266 e. The minimum atomic E-state index is -0.172. The highest BCUT2D eigenvalue weighted by molar-refractivity contribution is 7.22. The third kappa shape index (κ3) is 3.79. The van der Waals surface area contributed by atoms with Crippen molar-refractivity contribution in [3.63, 3.8) is 0 Å². The minimum Gasteiger partial charge on any atom is -0.266 e. The van der Waals surface area contributed by atoms with Crippen LogP contribution in [0.5, 0.6) is 0 Å². The molecule has 5 rings (SSSR count). The highest BCUT2D eigenvalue weighted by atomic mass is 32.1. The third-order valence-electron chi connectivity index (χ3n) is 5.42. The van der Waals surface area contributed by atoms with Gasteiger partial charge in [-0.1, -0.05) is 84.2 Å². The molecule has 0 saturated heterocycles. The van der Waals surface area contributed by atoms with Crippen molar-refractivity contribution in [2.45, 2.75) is 13.8 Å². The molecule has 1 aliphatic rings. The van der Waals surface area contributed by atoms with Gasteiger partial charge < -0.3 is 0 Å². The molecule has 0 aliphatic carbocycles. The molecular weight excluding hydrogens is 414 g/mol. The maximum Gasteiger partial charge on any atom is 0.284 e. The van der Waals surface area contributed by atoms with Gasteiger partial charge in [-0.2, -0.15) is 0 Å². The maximum absolute atomic E-state index is 13.4. The van der Waals surface area contributed by atoms with Crippen molar-refractivity contribution in [3.8, 4) is 0 Å². The van der Waals surface area contributed by atoms with Crippen molar-refractivity contribution in [3.05, 3.63) is 113 Å². The largest absolute Gasteiger partial charge is 0.284 e. The fraction of sp³-hybridized carbons (Fsp3) is 0.0741. The molecule has 0 fully saturated rings. The van der Waals surface area contributed by atoms with Gasteiger partial charge in [-0.3, -0.25) is 4.79 Å². The van der Waals surface area contributed by atoms with Gasteiger partial charge in [0.25, 0.3) is 5.91 Å². The molecule has 0 N–H and O–H groups in total. The van der Waals surface area contributed by atoms with E-state index < -0.39 is 0 Å². The highest BCUT2D eigenvalue weighted by Crippen LogP contribution is 2.34. The fourth-order valence-electron chi connectivity index (χ4n) is 3.57. The Hall–Kier alpha value is -3.83. The van der Waals surface area contributed by atoms with Crippen LogP contribution in [-0.2, 0) is 4.79 Å². The molecule has 156 valence electrons. The Balaban J connectivity index is 1.57. The van der Waals surface area contributed by atoms with E-state index in [0.29, 0.717) is 16.7 Å². The van der Waals surface area contributed by atoms with Gasteiger partial charge in [-0.25, -0.2) is 14.9 Å². The second kappa shape index (κ2) is 8.36. The number of amidine groups is 1. The first-order valence-electron chi connectivity index (χ1n) is 10.4. The van der Waals surface area contributed by atoms with Crippen molar-refractivity contribution >= 4 is 44.5 Å². The van der Waals surface area contributed by atoms with Crippen LogP contribution in [0.2, 0.25) is 0 Å². The summed E-state index contributed by atoms with van der Waals surface area (Å²) < 4.78 is 1.06. The van der Waals surface area contributed by atoms with E-state index in [1.54, 1.807) is 11.0 Å². The zero-order chi connectivity index (χ0) is 22.1. The summed E-state index contributed by atoms with van der Waals surface area (Å²) in [5.74, 6) is 0.427. The first kappa shape index (κ1) is 20.1. The number of amides is 1. The van der Waals surface area contributed by atoms with Crippen molar-refractivity contribution in [2.75, 3.05) is 4.90 Å². The average Bonchev–Trinajstić information content (AvgIpc) is 3.35. The second-order valence-corrected chi connectivity index (χ2v) is 8.67. The first-order chi connectivity index (χ1) is 15.6. The van der Waals surface area contributed by atoms with Crippen LogP contribution in [-0.4, -0.2) is 16.7 Å². The number of thiazole rings is 1. The Labute approximate surface area is 190 Å². The van der Waals surface area contributed by atoms with Crippen molar-refractivity contribution in [2.24, 2.45) is 4.99 Å². The Morgan fingerprint density at radius 1 is 0.906 bits per heavy atom. The number of fused-ring (bicyclic) bond motifs is 1. The Kier molecular flexibility index (Phi) is 5.25. The van der Waals surface area contributed by atoms with Gasteiger partial charge in [-0.15, -0.1) is 0 Å². The molecule has 0 spiro atoms. The Bertz CT molecular complexity index is 1360. The van der Waals surface area contributed by atoms with Crippen molar-refractivity contribution in [1.29, 1.82) is 0 Å². The van der Waals surface area contributed by atoms with Gasteiger partial charge in [0.2, 0.25) is 0 Å². The number of anilines is 1. The number of benzene rings is 3. The standard InChI is InChI=1S/C27H21N3OS/c1-18-16-23-24(17-19(18)2)32-27(29-23)30-25(21-13-7-4-8-14-21)28-22(26(30)31)15-9-12-20-10-5-3-6-11-20/h3-17H,1-2H3. The van der Waals surface area contributed by atoms with Crippen molar-refractivity contribution in [1.82, 2.24) is 4.98 Å². The SMILES string of the molecule is Cc1cc2nc(N3C(=O)C(=CC=Cc4ccccc4)N=C3c3ccccc3)sc2cc1C. The lowest BCUT2D eigenvalue weighted by atomic mass is 10.1. The summed E-state index contributed by atoms with van der Waals surface area (Å²) in [6, 6.07) is 23.9. The summed E-state index contributed by atoms with van der Waals surface area (Å²) in [7, 11) is 0. The first-order valence-corrected chi connectivity index (χ1v) is 11.2. The lowest BCUT2D eigenvalue weighted by Crippen LogP contribution is -2.32. The van der Waals surface area contributed by atoms with E-state index in [0.717, 1.165) is 21.3 Å². The molecule has 1 aromatic heterocycles. The molecule has 1 aliphatic heterocycles. The average molecular weight is 436 g/mol. The molecule has 5 heteroatoms. The number of rotatable bonds is 4. The topological polar surface area (TPSA) is 45.6 Å². The predicted octanol–water partition coefficient (Wildman–Crippen LogP) is 6.30. The van der Waals surface area contributed by atoms with Gasteiger partial charge in [0.1, 0.15) is 11.5 Å². The van der Waals surface area contributed by atoms with E-state index in [1.165, 1.54) is 22.5 Å². The Morgan fingerprint density at radius 3 is 2.34 bits per heavy atom. The summed E-state index contributed by atoms with van der Waals surface area (Å²) in [5, 5.41) is 0.632. The molecule has 1 amide bonds. The number of aromatic nitrogens is 1. The predicted molar refractivity (Wildman–Crippen MR) is 133 cm³/mol. The molecule has 0 unspecified atom stereocenters. The summed E-state index contributed by atoms with van der Waals surface area (Å²) in [6.07, 6.45) is 5.59. The number of allylic oxidation sites excluding steroid dienone is 2. The molecule has 0 saturated carbocycles. The van der Waals surface area contributed by atoms with Crippen molar-refractivity contribution < 1.29 is 4.79 Å². The number of hydrogen-bond donors (Lipinski definition) is 0. The van der Waals surface area contributed by atoms with Crippen LogP contribution in [0, 0.1) is 13.8 Å². The van der Waals surface area contributed by atoms with Gasteiger partial charge in [0.05, 0.1) is 10.2 Å². The zero-order valence-electron chi connectivity index (χ0n) is 17.8. The number of carbonyl (C=O) groups is 1. The van der Waals surface area contributed by atoms with E-state index in [4.69, 9.17) is 9.98 Å². The van der Waals surface area contributed by atoms with Crippen LogP contribution in [0.1, 0.15) is 22.3 Å². The zero-order valence-corrected chi connectivity index (χ0v) is 18.6. The number of carbonyl (C=O) groups excluding carboxylic acids is 1. The van der Waals surface area contributed by atoms with Crippen LogP contribution in [0.4, 0.5) is 5.13 Å². The molecular formula is C27H21N3OS. The number of aryl methyl sites for hydroxylation is 2. The maximum atomic E-state index is 13.4. The lowest BCUT2D eigenvalue weighted by molar-refractivity contribution is -0.113. The number of hydrogen-bond acceptors (Lipinski definition) is 4. The van der Waals surface area contributed by atoms with Crippen LogP contribution in [0.3, 0.4) is 0 Å². The normalized spacial score (nSPS) is 15.3. The number of aliphatic imine (C=N–C) groups is 1. The van der Waals surface area contributed by atoms with Crippen LogP contribution >= 0.6 is 11.3 Å². The fourth-order valence-corrected chi connectivity index (χ4v) is 4.61. The second-order valence-electron chi connectivity index (χ2n) is 7.66. The van der Waals surface area contributed by atoms with E-state index in [9.17, 15) is 4.79 Å².